The molecule has 0 bridgehead atoms. The molecule has 0 aromatic heterocycles. The van der Waals surface area contributed by atoms with Crippen molar-refractivity contribution in [3.05, 3.63) is 70.9 Å². The van der Waals surface area contributed by atoms with E-state index in [4.69, 9.17) is 0 Å². The van der Waals surface area contributed by atoms with E-state index in [1.165, 1.54) is 11.8 Å². The summed E-state index contributed by atoms with van der Waals surface area (Å²) in [6, 6.07) is 15.7. The third kappa shape index (κ3) is 4.73. The van der Waals surface area contributed by atoms with Gasteiger partial charge in [-0.15, -0.1) is 0 Å². The molecular weight excluding hydrogens is 322 g/mol. The normalized spacial score (nSPS) is 11.2. The summed E-state index contributed by atoms with van der Waals surface area (Å²) in [5.41, 5.74) is 5.06. The molecule has 0 spiro atoms. The average molecular weight is 347 g/mol. The molecule has 134 valence electrons. The Labute approximate surface area is 155 Å². The SMILES string of the molecule is CCc1cccc(C)c1N/C=C(/C#N)C(=O)Nc1ccc(C(C)C)cc1. The fraction of sp³-hybridized carbons (Fsp3) is 0.273. The van der Waals surface area contributed by atoms with Crippen molar-refractivity contribution in [1.29, 1.82) is 5.26 Å². The van der Waals surface area contributed by atoms with Crippen LogP contribution < -0.4 is 10.6 Å². The number of amides is 1. The molecule has 0 heterocycles. The molecule has 2 aromatic rings. The lowest BCUT2D eigenvalue weighted by atomic mass is 10.0. The highest BCUT2D eigenvalue weighted by Crippen LogP contribution is 2.22. The molecule has 0 aliphatic carbocycles. The minimum absolute atomic E-state index is 0.0308. The highest BCUT2D eigenvalue weighted by atomic mass is 16.1. The van der Waals surface area contributed by atoms with Gasteiger partial charge in [0.05, 0.1) is 0 Å². The summed E-state index contributed by atoms with van der Waals surface area (Å²) < 4.78 is 0. The lowest BCUT2D eigenvalue weighted by molar-refractivity contribution is -0.112. The Kier molecular flexibility index (Phi) is 6.57. The van der Waals surface area contributed by atoms with E-state index >= 15 is 0 Å². The molecule has 2 aromatic carbocycles. The van der Waals surface area contributed by atoms with Gasteiger partial charge in [-0.3, -0.25) is 4.79 Å². The van der Waals surface area contributed by atoms with E-state index in [2.05, 4.69) is 31.4 Å². The number of carbonyl (C=O) groups is 1. The van der Waals surface area contributed by atoms with Crippen molar-refractivity contribution in [2.45, 2.75) is 40.0 Å². The summed E-state index contributed by atoms with van der Waals surface area (Å²) >= 11 is 0. The molecule has 26 heavy (non-hydrogen) atoms. The van der Waals surface area contributed by atoms with Crippen LogP contribution in [0, 0.1) is 18.3 Å². The van der Waals surface area contributed by atoms with E-state index in [1.54, 1.807) is 0 Å². The molecule has 0 saturated carbocycles. The highest BCUT2D eigenvalue weighted by Gasteiger charge is 2.11. The summed E-state index contributed by atoms with van der Waals surface area (Å²) in [4.78, 5) is 12.4. The van der Waals surface area contributed by atoms with Gasteiger partial charge in [-0.1, -0.05) is 51.1 Å². The summed E-state index contributed by atoms with van der Waals surface area (Å²) in [6.45, 7) is 8.30. The Hall–Kier alpha value is -3.06. The van der Waals surface area contributed by atoms with E-state index in [9.17, 15) is 10.1 Å². The Bertz CT molecular complexity index is 843. The molecule has 0 aliphatic rings. The van der Waals surface area contributed by atoms with Crippen LogP contribution in [0.5, 0.6) is 0 Å². The highest BCUT2D eigenvalue weighted by molar-refractivity contribution is 6.06. The molecule has 1 amide bonds. The molecule has 4 nitrogen and oxygen atoms in total. The van der Waals surface area contributed by atoms with E-state index in [0.717, 1.165) is 23.2 Å². The van der Waals surface area contributed by atoms with Crippen molar-refractivity contribution in [3.8, 4) is 6.07 Å². The van der Waals surface area contributed by atoms with Crippen LogP contribution in [-0.4, -0.2) is 5.91 Å². The standard InChI is InChI=1S/C22H25N3O/c1-5-17-8-6-7-16(4)21(17)24-14-19(13-23)22(26)25-20-11-9-18(10-12-20)15(2)3/h6-12,14-15,24H,5H2,1-4H3,(H,25,26)/b19-14-. The minimum Gasteiger partial charge on any atom is -0.360 e. The van der Waals surface area contributed by atoms with Crippen molar-refractivity contribution in [2.75, 3.05) is 10.6 Å². The van der Waals surface area contributed by atoms with Gasteiger partial charge in [-0.05, 0) is 48.1 Å². The maximum atomic E-state index is 12.4. The van der Waals surface area contributed by atoms with Crippen LogP contribution in [0.4, 0.5) is 11.4 Å². The maximum absolute atomic E-state index is 12.4. The molecule has 0 radical (unpaired) electrons. The first-order chi connectivity index (χ1) is 12.5. The van der Waals surface area contributed by atoms with Crippen molar-refractivity contribution >= 4 is 17.3 Å². The number of nitrogens with zero attached hydrogens (tertiary/aromatic N) is 1. The fourth-order valence-corrected chi connectivity index (χ4v) is 2.67. The minimum atomic E-state index is -0.427. The van der Waals surface area contributed by atoms with Gasteiger partial charge in [0.1, 0.15) is 11.6 Å². The van der Waals surface area contributed by atoms with Crippen LogP contribution >= 0.6 is 0 Å². The second-order valence-electron chi connectivity index (χ2n) is 6.51. The predicted octanol–water partition coefficient (Wildman–Crippen LogP) is 5.14. The van der Waals surface area contributed by atoms with Crippen LogP contribution in [0.2, 0.25) is 0 Å². The molecule has 0 fully saturated rings. The summed E-state index contributed by atoms with van der Waals surface area (Å²) in [7, 11) is 0. The Morgan fingerprint density at radius 2 is 1.88 bits per heavy atom. The molecule has 0 aliphatic heterocycles. The zero-order chi connectivity index (χ0) is 19.1. The van der Waals surface area contributed by atoms with Crippen LogP contribution in [0.3, 0.4) is 0 Å². The monoisotopic (exact) mass is 347 g/mol. The molecule has 0 atom stereocenters. The van der Waals surface area contributed by atoms with Crippen LogP contribution in [0.1, 0.15) is 43.4 Å². The number of nitrogens with one attached hydrogen (secondary N) is 2. The third-order valence-electron chi connectivity index (χ3n) is 4.30. The molecule has 2 rings (SSSR count). The number of para-hydroxylation sites is 1. The van der Waals surface area contributed by atoms with E-state index < -0.39 is 5.91 Å². The fourth-order valence-electron chi connectivity index (χ4n) is 2.67. The Morgan fingerprint density at radius 3 is 2.46 bits per heavy atom. The van der Waals surface area contributed by atoms with E-state index in [0.29, 0.717) is 11.6 Å². The topological polar surface area (TPSA) is 64.9 Å². The predicted molar refractivity (Wildman–Crippen MR) is 107 cm³/mol. The Balaban J connectivity index is 2.14. The van der Waals surface area contributed by atoms with Gasteiger partial charge in [0.15, 0.2) is 0 Å². The number of nitriles is 1. The van der Waals surface area contributed by atoms with Gasteiger partial charge in [-0.2, -0.15) is 5.26 Å². The van der Waals surface area contributed by atoms with Crippen molar-refractivity contribution in [1.82, 2.24) is 0 Å². The van der Waals surface area contributed by atoms with E-state index in [1.807, 2.05) is 55.5 Å². The number of hydrogen-bond acceptors (Lipinski definition) is 3. The second-order valence-corrected chi connectivity index (χ2v) is 6.51. The van der Waals surface area contributed by atoms with Crippen LogP contribution in [-0.2, 0) is 11.2 Å². The quantitative estimate of drug-likeness (QED) is 0.562. The van der Waals surface area contributed by atoms with Gasteiger partial charge >= 0.3 is 0 Å². The second kappa shape index (κ2) is 8.87. The molecule has 4 heteroatoms. The van der Waals surface area contributed by atoms with E-state index in [-0.39, 0.29) is 5.57 Å². The van der Waals surface area contributed by atoms with Crippen molar-refractivity contribution in [3.63, 3.8) is 0 Å². The van der Waals surface area contributed by atoms with Crippen molar-refractivity contribution in [2.24, 2.45) is 0 Å². The third-order valence-corrected chi connectivity index (χ3v) is 4.30. The number of benzene rings is 2. The van der Waals surface area contributed by atoms with Gasteiger partial charge in [-0.25, -0.2) is 0 Å². The molecule has 0 saturated heterocycles. The number of aryl methyl sites for hydroxylation is 2. The summed E-state index contributed by atoms with van der Waals surface area (Å²) in [5.74, 6) is 0.00400. The number of rotatable bonds is 6. The number of anilines is 2. The smallest absolute Gasteiger partial charge is 0.267 e. The van der Waals surface area contributed by atoms with Crippen molar-refractivity contribution < 1.29 is 4.79 Å². The maximum Gasteiger partial charge on any atom is 0.267 e. The first-order valence-electron chi connectivity index (χ1n) is 8.82. The van der Waals surface area contributed by atoms with Gasteiger partial charge < -0.3 is 10.6 Å². The molecule has 2 N–H and O–H groups in total. The average Bonchev–Trinajstić information content (AvgIpc) is 2.63. The number of hydrogen-bond donors (Lipinski definition) is 2. The zero-order valence-corrected chi connectivity index (χ0v) is 15.8. The van der Waals surface area contributed by atoms with Crippen LogP contribution in [0.25, 0.3) is 0 Å². The summed E-state index contributed by atoms with van der Waals surface area (Å²) in [5, 5.41) is 15.2. The summed E-state index contributed by atoms with van der Waals surface area (Å²) in [6.07, 6.45) is 2.34. The largest absolute Gasteiger partial charge is 0.360 e. The Morgan fingerprint density at radius 1 is 1.19 bits per heavy atom. The van der Waals surface area contributed by atoms with Gasteiger partial charge in [0, 0.05) is 17.6 Å². The lowest BCUT2D eigenvalue weighted by Crippen LogP contribution is -2.14. The first kappa shape index (κ1) is 19.3. The van der Waals surface area contributed by atoms with Crippen LogP contribution in [0.15, 0.2) is 54.2 Å². The lowest BCUT2D eigenvalue weighted by Gasteiger charge is -2.12. The van der Waals surface area contributed by atoms with Gasteiger partial charge in [0.2, 0.25) is 0 Å². The first-order valence-corrected chi connectivity index (χ1v) is 8.82. The molecule has 0 unspecified atom stereocenters. The van der Waals surface area contributed by atoms with Gasteiger partial charge in [0.25, 0.3) is 5.91 Å². The zero-order valence-electron chi connectivity index (χ0n) is 15.8. The molecular formula is C22H25N3O. The number of carbonyl (C=O) groups excluding carboxylic acids is 1.